The summed E-state index contributed by atoms with van der Waals surface area (Å²) in [5, 5.41) is 13.2. The minimum Gasteiger partial charge on any atom is -0.475 e. The fourth-order valence-corrected chi connectivity index (χ4v) is 2.08. The van der Waals surface area contributed by atoms with E-state index in [1.807, 2.05) is 6.07 Å². The van der Waals surface area contributed by atoms with Gasteiger partial charge in [-0.2, -0.15) is 0 Å². The van der Waals surface area contributed by atoms with E-state index in [4.69, 9.17) is 4.42 Å². The van der Waals surface area contributed by atoms with E-state index in [2.05, 4.69) is 10.3 Å². The summed E-state index contributed by atoms with van der Waals surface area (Å²) in [5.41, 5.74) is 1.43. The molecule has 3 aromatic heterocycles. The average molecular weight is 270 g/mol. The van der Waals surface area contributed by atoms with Crippen LogP contribution in [0.5, 0.6) is 0 Å². The Labute approximate surface area is 114 Å². The molecule has 0 saturated carbocycles. The molecule has 0 radical (unpaired) electrons. The normalized spacial score (nSPS) is 10.7. The third kappa shape index (κ3) is 1.97. The van der Waals surface area contributed by atoms with Crippen molar-refractivity contribution in [2.24, 2.45) is 7.05 Å². The van der Waals surface area contributed by atoms with E-state index in [1.54, 1.807) is 36.1 Å². The lowest BCUT2D eigenvalue weighted by atomic mass is 10.2. The molecule has 0 spiro atoms. The number of pyridine rings is 2. The molecule has 3 rings (SSSR count). The summed E-state index contributed by atoms with van der Waals surface area (Å²) in [6, 6.07) is 6.95. The van der Waals surface area contributed by atoms with Gasteiger partial charge in [-0.1, -0.05) is 0 Å². The molecule has 0 atom stereocenters. The maximum atomic E-state index is 11.3. The second kappa shape index (κ2) is 4.65. The van der Waals surface area contributed by atoms with Gasteiger partial charge in [-0.05, 0) is 18.2 Å². The second-order valence-electron chi connectivity index (χ2n) is 4.31. The Morgan fingerprint density at radius 3 is 3.00 bits per heavy atom. The van der Waals surface area contributed by atoms with Gasteiger partial charge in [0.25, 0.3) is 5.82 Å². The van der Waals surface area contributed by atoms with Crippen LogP contribution in [0.4, 0.5) is 11.5 Å². The summed E-state index contributed by atoms with van der Waals surface area (Å²) in [7, 11) is 1.69. The van der Waals surface area contributed by atoms with Gasteiger partial charge in [0, 0.05) is 12.3 Å². The van der Waals surface area contributed by atoms with Gasteiger partial charge < -0.3 is 9.52 Å². The number of fused-ring (bicyclic) bond motifs is 1. The van der Waals surface area contributed by atoms with Crippen LogP contribution in [0.3, 0.4) is 0 Å². The summed E-state index contributed by atoms with van der Waals surface area (Å²) in [5.74, 6) is -0.373. The predicted molar refractivity (Wildman–Crippen MR) is 71.9 cm³/mol. The topological polar surface area (TPSA) is 79.2 Å². The smallest absolute Gasteiger partial charge is 0.376 e. The largest absolute Gasteiger partial charge is 0.475 e. The molecule has 0 fully saturated rings. The number of carboxylic acid groups (broad SMARTS) is 1. The molecule has 6 heteroatoms. The number of aromatic nitrogens is 2. The average Bonchev–Trinajstić information content (AvgIpc) is 2.90. The molecule has 3 heterocycles. The third-order valence-electron chi connectivity index (χ3n) is 3.06. The number of aromatic carboxylic acids is 1. The number of hydrogen-bond acceptors (Lipinski definition) is 4. The van der Waals surface area contributed by atoms with Crippen LogP contribution in [0.25, 0.3) is 11.0 Å². The van der Waals surface area contributed by atoms with Crippen molar-refractivity contribution in [3.05, 3.63) is 48.6 Å². The van der Waals surface area contributed by atoms with Crippen molar-refractivity contribution in [1.29, 1.82) is 0 Å². The van der Waals surface area contributed by atoms with Crippen molar-refractivity contribution in [2.75, 3.05) is 5.32 Å². The zero-order valence-electron chi connectivity index (χ0n) is 10.7. The van der Waals surface area contributed by atoms with Crippen molar-refractivity contribution < 1.29 is 18.9 Å². The lowest BCUT2D eigenvalue weighted by Gasteiger charge is -2.06. The Hall–Kier alpha value is -2.89. The van der Waals surface area contributed by atoms with E-state index in [1.165, 1.54) is 12.3 Å². The van der Waals surface area contributed by atoms with Crippen molar-refractivity contribution >= 4 is 28.4 Å². The number of furan rings is 1. The molecule has 0 unspecified atom stereocenters. The first-order chi connectivity index (χ1) is 9.66. The van der Waals surface area contributed by atoms with Gasteiger partial charge in [-0.25, -0.2) is 14.7 Å². The Balaban J connectivity index is 2.20. The predicted octanol–water partition coefficient (Wildman–Crippen LogP) is 2.09. The molecule has 0 aliphatic rings. The molecule has 2 N–H and O–H groups in total. The molecule has 0 amide bonds. The van der Waals surface area contributed by atoms with Crippen molar-refractivity contribution in [3.63, 3.8) is 0 Å². The van der Waals surface area contributed by atoms with Crippen LogP contribution in [0, 0.1) is 0 Å². The minimum absolute atomic E-state index is 0.138. The van der Waals surface area contributed by atoms with Crippen LogP contribution in [0.15, 0.2) is 47.3 Å². The van der Waals surface area contributed by atoms with E-state index in [9.17, 15) is 9.90 Å². The van der Waals surface area contributed by atoms with E-state index < -0.39 is 5.97 Å². The lowest BCUT2D eigenvalue weighted by molar-refractivity contribution is -0.658. The molecule has 6 nitrogen and oxygen atoms in total. The first-order valence-electron chi connectivity index (χ1n) is 5.97. The first kappa shape index (κ1) is 12.2. The van der Waals surface area contributed by atoms with E-state index in [-0.39, 0.29) is 5.69 Å². The van der Waals surface area contributed by atoms with Gasteiger partial charge in [0.1, 0.15) is 16.7 Å². The van der Waals surface area contributed by atoms with Crippen LogP contribution < -0.4 is 9.88 Å². The summed E-state index contributed by atoms with van der Waals surface area (Å²) in [6.45, 7) is 0. The zero-order chi connectivity index (χ0) is 14.1. The summed E-state index contributed by atoms with van der Waals surface area (Å²) in [6.07, 6.45) is 4.87. The Morgan fingerprint density at radius 1 is 1.45 bits per heavy atom. The Bertz CT molecular complexity index is 781. The molecule has 20 heavy (non-hydrogen) atoms. The number of nitrogens with zero attached hydrogens (tertiary/aromatic N) is 2. The zero-order valence-corrected chi connectivity index (χ0v) is 10.7. The third-order valence-corrected chi connectivity index (χ3v) is 3.06. The highest BCUT2D eigenvalue weighted by molar-refractivity contribution is 5.93. The maximum Gasteiger partial charge on any atom is 0.376 e. The summed E-state index contributed by atoms with van der Waals surface area (Å²) >= 11 is 0. The number of carbonyl (C=O) groups is 1. The minimum atomic E-state index is -1.01. The van der Waals surface area contributed by atoms with E-state index in [0.717, 1.165) is 11.1 Å². The number of hydrogen-bond donors (Lipinski definition) is 2. The fraction of sp³-hybridized carbons (Fsp3) is 0.0714. The van der Waals surface area contributed by atoms with Crippen molar-refractivity contribution in [3.8, 4) is 0 Å². The van der Waals surface area contributed by atoms with Crippen molar-refractivity contribution in [1.82, 2.24) is 4.98 Å². The summed E-state index contributed by atoms with van der Waals surface area (Å²) in [4.78, 5) is 15.3. The highest BCUT2D eigenvalue weighted by Crippen LogP contribution is 2.24. The Kier molecular flexibility index (Phi) is 2.83. The molecule has 3 aromatic rings. The van der Waals surface area contributed by atoms with Crippen LogP contribution in [0.2, 0.25) is 0 Å². The van der Waals surface area contributed by atoms with Crippen LogP contribution in [0.1, 0.15) is 10.5 Å². The van der Waals surface area contributed by atoms with Gasteiger partial charge in [0.15, 0.2) is 0 Å². The van der Waals surface area contributed by atoms with Gasteiger partial charge in [-0.3, -0.25) is 4.98 Å². The first-order valence-corrected chi connectivity index (χ1v) is 5.97. The van der Waals surface area contributed by atoms with E-state index >= 15 is 0 Å². The molecule has 0 aliphatic carbocycles. The highest BCUT2D eigenvalue weighted by Gasteiger charge is 2.22. The van der Waals surface area contributed by atoms with Crippen LogP contribution in [-0.4, -0.2) is 16.1 Å². The lowest BCUT2D eigenvalue weighted by Crippen LogP contribution is -2.38. The number of anilines is 2. The molecular formula is C14H12N3O3+. The maximum absolute atomic E-state index is 11.3. The SMILES string of the molecule is C[n+]1c(C(=O)O)cc2occc2c1Nc1cccnc1. The molecule has 100 valence electrons. The quantitative estimate of drug-likeness (QED) is 0.712. The van der Waals surface area contributed by atoms with Gasteiger partial charge in [-0.15, -0.1) is 0 Å². The fourth-order valence-electron chi connectivity index (χ4n) is 2.08. The molecule has 0 saturated heterocycles. The molecular weight excluding hydrogens is 258 g/mol. The van der Waals surface area contributed by atoms with Gasteiger partial charge in [0.05, 0.1) is 19.5 Å². The molecule has 0 aliphatic heterocycles. The second-order valence-corrected chi connectivity index (χ2v) is 4.31. The van der Waals surface area contributed by atoms with Crippen molar-refractivity contribution in [2.45, 2.75) is 0 Å². The summed E-state index contributed by atoms with van der Waals surface area (Å²) < 4.78 is 6.89. The monoisotopic (exact) mass is 270 g/mol. The van der Waals surface area contributed by atoms with Crippen LogP contribution >= 0.6 is 0 Å². The molecule has 0 aromatic carbocycles. The Morgan fingerprint density at radius 2 is 2.30 bits per heavy atom. The number of carboxylic acids is 1. The number of rotatable bonds is 3. The number of nitrogens with one attached hydrogen (secondary N) is 1. The highest BCUT2D eigenvalue weighted by atomic mass is 16.4. The van der Waals surface area contributed by atoms with Gasteiger partial charge >= 0.3 is 5.97 Å². The molecule has 0 bridgehead atoms. The van der Waals surface area contributed by atoms with Gasteiger partial charge in [0.2, 0.25) is 5.69 Å². The van der Waals surface area contributed by atoms with E-state index in [0.29, 0.717) is 11.4 Å². The van der Waals surface area contributed by atoms with Crippen LogP contribution in [-0.2, 0) is 7.05 Å². The standard InChI is InChI=1S/C14H11N3O3/c1-17-11(14(18)19)7-12-10(4-6-20-12)13(17)16-9-3-2-5-15-8-9/h2-8H,1H3,(H,18,19)/p+1.